The zero-order chi connectivity index (χ0) is 18.5. The molecule has 0 amide bonds. The molecule has 0 spiro atoms. The SMILES string of the molecule is COc1cc(O)c(-c2oc3cc(O)c(O)c(O)c3c(=O)c2O)cc1O. The number of ether oxygens (including phenoxy) is 1. The smallest absolute Gasteiger partial charge is 0.238 e. The van der Waals surface area contributed by atoms with Crippen LogP contribution in [-0.4, -0.2) is 37.7 Å². The molecule has 0 aliphatic carbocycles. The highest BCUT2D eigenvalue weighted by molar-refractivity contribution is 5.91. The van der Waals surface area contributed by atoms with Crippen LogP contribution in [0.5, 0.6) is 40.2 Å². The molecule has 1 heterocycles. The minimum atomic E-state index is -1.11. The van der Waals surface area contributed by atoms with Crippen molar-refractivity contribution in [3.05, 3.63) is 28.4 Å². The van der Waals surface area contributed by atoms with Crippen LogP contribution in [0, 0.1) is 0 Å². The summed E-state index contributed by atoms with van der Waals surface area (Å²) in [5.41, 5.74) is -1.71. The average Bonchev–Trinajstić information content (AvgIpc) is 2.57. The van der Waals surface area contributed by atoms with Crippen molar-refractivity contribution in [3.63, 3.8) is 0 Å². The van der Waals surface area contributed by atoms with Crippen LogP contribution in [-0.2, 0) is 0 Å². The van der Waals surface area contributed by atoms with Gasteiger partial charge in [-0.05, 0) is 6.07 Å². The first-order valence-corrected chi connectivity index (χ1v) is 6.80. The molecule has 0 bridgehead atoms. The number of rotatable bonds is 2. The fourth-order valence-electron chi connectivity index (χ4n) is 2.39. The van der Waals surface area contributed by atoms with Crippen LogP contribution in [0.25, 0.3) is 22.3 Å². The number of phenolic OH excluding ortho intramolecular Hbond substituents is 5. The Bertz CT molecular complexity index is 1070. The third-order valence-electron chi connectivity index (χ3n) is 3.63. The van der Waals surface area contributed by atoms with E-state index in [0.717, 1.165) is 18.2 Å². The predicted molar refractivity (Wildman–Crippen MR) is 84.5 cm³/mol. The van der Waals surface area contributed by atoms with Crippen molar-refractivity contribution in [3.8, 4) is 51.6 Å². The maximum atomic E-state index is 12.3. The predicted octanol–water partition coefficient (Wildman–Crippen LogP) is 1.70. The summed E-state index contributed by atoms with van der Waals surface area (Å²) in [5, 5.41) is 58.2. The van der Waals surface area contributed by atoms with E-state index in [2.05, 4.69) is 0 Å². The van der Waals surface area contributed by atoms with E-state index in [0.29, 0.717) is 0 Å². The lowest BCUT2D eigenvalue weighted by Gasteiger charge is -2.11. The van der Waals surface area contributed by atoms with Gasteiger partial charge in [-0.1, -0.05) is 0 Å². The first-order chi connectivity index (χ1) is 11.8. The Labute approximate surface area is 138 Å². The number of hydrogen-bond donors (Lipinski definition) is 6. The lowest BCUT2D eigenvalue weighted by molar-refractivity contribution is 0.367. The van der Waals surface area contributed by atoms with Gasteiger partial charge in [0, 0.05) is 12.1 Å². The van der Waals surface area contributed by atoms with Crippen molar-refractivity contribution in [2.24, 2.45) is 0 Å². The topological polar surface area (TPSA) is 161 Å². The summed E-state index contributed by atoms with van der Waals surface area (Å²) >= 11 is 0. The summed E-state index contributed by atoms with van der Waals surface area (Å²) in [7, 11) is 1.26. The second-order valence-corrected chi connectivity index (χ2v) is 5.12. The van der Waals surface area contributed by atoms with Crippen LogP contribution < -0.4 is 10.2 Å². The van der Waals surface area contributed by atoms with E-state index in [1.54, 1.807) is 0 Å². The van der Waals surface area contributed by atoms with E-state index < -0.39 is 51.1 Å². The summed E-state index contributed by atoms with van der Waals surface area (Å²) in [6.07, 6.45) is 0. The van der Waals surface area contributed by atoms with E-state index in [-0.39, 0.29) is 16.9 Å². The molecule has 0 saturated carbocycles. The van der Waals surface area contributed by atoms with Crippen molar-refractivity contribution < 1.29 is 39.8 Å². The molecule has 3 rings (SSSR count). The molecule has 3 aromatic rings. The van der Waals surface area contributed by atoms with E-state index in [1.165, 1.54) is 7.11 Å². The molecular weight excluding hydrogens is 336 g/mol. The molecule has 25 heavy (non-hydrogen) atoms. The van der Waals surface area contributed by atoms with Crippen molar-refractivity contribution >= 4 is 11.0 Å². The van der Waals surface area contributed by atoms with E-state index in [4.69, 9.17) is 9.15 Å². The van der Waals surface area contributed by atoms with Crippen LogP contribution in [0.3, 0.4) is 0 Å². The van der Waals surface area contributed by atoms with Crippen molar-refractivity contribution in [2.75, 3.05) is 7.11 Å². The Kier molecular flexibility index (Phi) is 3.49. The molecule has 0 saturated heterocycles. The minimum Gasteiger partial charge on any atom is -0.507 e. The number of hydrogen-bond acceptors (Lipinski definition) is 9. The Morgan fingerprint density at radius 2 is 1.52 bits per heavy atom. The minimum absolute atomic E-state index is 0.0518. The van der Waals surface area contributed by atoms with Gasteiger partial charge in [0.2, 0.25) is 16.9 Å². The monoisotopic (exact) mass is 348 g/mol. The molecule has 9 nitrogen and oxygen atoms in total. The zero-order valence-electron chi connectivity index (χ0n) is 12.6. The lowest BCUT2D eigenvalue weighted by Crippen LogP contribution is -2.03. The number of benzene rings is 2. The van der Waals surface area contributed by atoms with Crippen LogP contribution >= 0.6 is 0 Å². The third-order valence-corrected chi connectivity index (χ3v) is 3.63. The second-order valence-electron chi connectivity index (χ2n) is 5.12. The second kappa shape index (κ2) is 5.41. The van der Waals surface area contributed by atoms with Gasteiger partial charge in [-0.25, -0.2) is 0 Å². The number of methoxy groups -OCH3 is 1. The highest BCUT2D eigenvalue weighted by Gasteiger charge is 2.24. The van der Waals surface area contributed by atoms with Crippen LogP contribution in [0.2, 0.25) is 0 Å². The Morgan fingerprint density at radius 3 is 2.16 bits per heavy atom. The van der Waals surface area contributed by atoms with Gasteiger partial charge in [-0.15, -0.1) is 0 Å². The molecule has 9 heteroatoms. The molecule has 2 aromatic carbocycles. The van der Waals surface area contributed by atoms with Crippen molar-refractivity contribution in [1.82, 2.24) is 0 Å². The number of phenols is 5. The highest BCUT2D eigenvalue weighted by Crippen LogP contribution is 2.45. The van der Waals surface area contributed by atoms with Gasteiger partial charge in [0.1, 0.15) is 16.7 Å². The van der Waals surface area contributed by atoms with Gasteiger partial charge in [0.25, 0.3) is 0 Å². The summed E-state index contributed by atoms with van der Waals surface area (Å²) in [4.78, 5) is 12.3. The standard InChI is InChI=1S/C16H12O9/c1-24-9-3-6(17)5(2-7(9)18)16-15(23)14(22)11-10(25-16)4-8(19)12(20)13(11)21/h2-4,17-21,23H,1H3. The van der Waals surface area contributed by atoms with Crippen LogP contribution in [0.1, 0.15) is 0 Å². The zero-order valence-corrected chi connectivity index (χ0v) is 12.6. The third kappa shape index (κ3) is 2.29. The Morgan fingerprint density at radius 1 is 0.840 bits per heavy atom. The molecule has 6 N–H and O–H groups in total. The van der Waals surface area contributed by atoms with Gasteiger partial charge < -0.3 is 39.8 Å². The normalized spacial score (nSPS) is 10.9. The van der Waals surface area contributed by atoms with Gasteiger partial charge in [0.05, 0.1) is 12.7 Å². The van der Waals surface area contributed by atoms with E-state index >= 15 is 0 Å². The highest BCUT2D eigenvalue weighted by atomic mass is 16.5. The Hall–Kier alpha value is -3.75. The summed E-state index contributed by atoms with van der Waals surface area (Å²) in [5.74, 6) is -5.08. The van der Waals surface area contributed by atoms with Crippen molar-refractivity contribution in [1.29, 1.82) is 0 Å². The van der Waals surface area contributed by atoms with Gasteiger partial charge >= 0.3 is 0 Å². The van der Waals surface area contributed by atoms with E-state index in [1.807, 2.05) is 0 Å². The molecule has 0 fully saturated rings. The number of fused-ring (bicyclic) bond motifs is 1. The molecule has 0 radical (unpaired) electrons. The van der Waals surface area contributed by atoms with Gasteiger partial charge in [-0.3, -0.25) is 4.79 Å². The maximum absolute atomic E-state index is 12.3. The summed E-state index contributed by atoms with van der Waals surface area (Å²) in [6, 6.07) is 2.90. The molecule has 0 atom stereocenters. The van der Waals surface area contributed by atoms with Gasteiger partial charge in [-0.2, -0.15) is 0 Å². The van der Waals surface area contributed by atoms with Crippen LogP contribution in [0.15, 0.2) is 27.4 Å². The fraction of sp³-hybridized carbons (Fsp3) is 0.0625. The summed E-state index contributed by atoms with van der Waals surface area (Å²) in [6.45, 7) is 0. The largest absolute Gasteiger partial charge is 0.507 e. The fourth-order valence-corrected chi connectivity index (χ4v) is 2.39. The Balaban J connectivity index is 2.40. The average molecular weight is 348 g/mol. The molecular formula is C16H12O9. The molecule has 0 aliphatic rings. The number of aromatic hydroxyl groups is 6. The maximum Gasteiger partial charge on any atom is 0.238 e. The first kappa shape index (κ1) is 16.1. The first-order valence-electron chi connectivity index (χ1n) is 6.80. The lowest BCUT2D eigenvalue weighted by atomic mass is 10.1. The molecule has 1 aromatic heterocycles. The molecule has 130 valence electrons. The summed E-state index contributed by atoms with van der Waals surface area (Å²) < 4.78 is 10.1. The van der Waals surface area contributed by atoms with Crippen molar-refractivity contribution in [2.45, 2.75) is 0 Å². The van der Waals surface area contributed by atoms with E-state index in [9.17, 15) is 35.4 Å². The van der Waals surface area contributed by atoms with Gasteiger partial charge in [0.15, 0.2) is 28.8 Å². The molecule has 0 unspecified atom stereocenters. The molecule has 0 aliphatic heterocycles. The van der Waals surface area contributed by atoms with Crippen LogP contribution in [0.4, 0.5) is 0 Å². The quantitative estimate of drug-likeness (QED) is 0.299.